The maximum Gasteiger partial charge on any atom is 0.295 e. The fraction of sp³-hybridized carbons (Fsp3) is 0.259. The number of rotatable bonds is 7. The van der Waals surface area contributed by atoms with Gasteiger partial charge in [-0.1, -0.05) is 25.7 Å². The molecule has 0 spiro atoms. The van der Waals surface area contributed by atoms with Gasteiger partial charge in [-0.15, -0.1) is 0 Å². The molecule has 1 saturated heterocycles. The average molecular weight is 458 g/mol. The predicted molar refractivity (Wildman–Crippen MR) is 124 cm³/mol. The summed E-state index contributed by atoms with van der Waals surface area (Å²) in [6.07, 6.45) is 6.71. The van der Waals surface area contributed by atoms with E-state index in [1.165, 1.54) is 4.90 Å². The molecule has 7 nitrogen and oxygen atoms in total. The minimum absolute atomic E-state index is 0.0462. The van der Waals surface area contributed by atoms with Crippen molar-refractivity contribution in [2.75, 3.05) is 6.61 Å². The first-order chi connectivity index (χ1) is 16.4. The molecule has 174 valence electrons. The summed E-state index contributed by atoms with van der Waals surface area (Å²) < 4.78 is 5.76. The quantitative estimate of drug-likeness (QED) is 0.309. The molecular weight excluding hydrogens is 430 g/mol. The minimum Gasteiger partial charge on any atom is -0.872 e. The third-order valence-electron chi connectivity index (χ3n) is 5.70. The second-order valence-corrected chi connectivity index (χ2v) is 8.78. The summed E-state index contributed by atoms with van der Waals surface area (Å²) in [5, 5.41) is 13.7. The normalized spacial score (nSPS) is 17.4. The average Bonchev–Trinajstić information content (AvgIpc) is 3.08. The molecule has 1 unspecified atom stereocenters. The summed E-state index contributed by atoms with van der Waals surface area (Å²) in [4.78, 5) is 34.7. The standard InChI is InChI=1S/C27H27N3O4/c1-17(2)16-34-21-6-7-22(18(3)13-21)25(31)23-24(20-8-11-28-12-9-20)30(27(33)26(23)32)15-19-5-4-10-29-14-19/h4-14,17,24,31H,15-16H2,1-3H3/b25-23+. The number of likely N-dealkylation sites (tertiary alicyclic amines) is 1. The highest BCUT2D eigenvalue weighted by atomic mass is 16.5. The van der Waals surface area contributed by atoms with E-state index in [4.69, 9.17) is 4.74 Å². The third kappa shape index (κ3) is 4.69. The molecule has 1 aliphatic rings. The summed E-state index contributed by atoms with van der Waals surface area (Å²) in [5.74, 6) is -0.882. The summed E-state index contributed by atoms with van der Waals surface area (Å²) in [5.41, 5.74) is 2.49. The van der Waals surface area contributed by atoms with Crippen LogP contribution in [0.2, 0.25) is 0 Å². The van der Waals surface area contributed by atoms with Crippen molar-refractivity contribution >= 4 is 17.4 Å². The van der Waals surface area contributed by atoms with Crippen LogP contribution in [0.3, 0.4) is 0 Å². The van der Waals surface area contributed by atoms with Crippen molar-refractivity contribution in [3.63, 3.8) is 0 Å². The highest BCUT2D eigenvalue weighted by Crippen LogP contribution is 2.40. The first-order valence-electron chi connectivity index (χ1n) is 11.2. The Morgan fingerprint density at radius 3 is 2.59 bits per heavy atom. The Bertz CT molecular complexity index is 1220. The van der Waals surface area contributed by atoms with Crippen molar-refractivity contribution in [1.82, 2.24) is 9.88 Å². The molecule has 1 amide bonds. The lowest BCUT2D eigenvalue weighted by atomic mass is 9.94. The number of aryl methyl sites for hydroxylation is 1. The van der Waals surface area contributed by atoms with Gasteiger partial charge >= 0.3 is 0 Å². The van der Waals surface area contributed by atoms with Gasteiger partial charge in [0.1, 0.15) is 5.75 Å². The zero-order chi connectivity index (χ0) is 24.2. The molecule has 1 fully saturated rings. The molecule has 3 aromatic rings. The van der Waals surface area contributed by atoms with E-state index in [1.54, 1.807) is 62.0 Å². The van der Waals surface area contributed by atoms with E-state index < -0.39 is 23.5 Å². The Morgan fingerprint density at radius 1 is 1.18 bits per heavy atom. The van der Waals surface area contributed by atoms with Gasteiger partial charge in [0.15, 0.2) is 12.4 Å². The fourth-order valence-corrected chi connectivity index (χ4v) is 4.04. The number of nitrogens with one attached hydrogen (secondary N) is 1. The van der Waals surface area contributed by atoms with E-state index in [-0.39, 0.29) is 12.1 Å². The number of hydrogen-bond acceptors (Lipinski definition) is 5. The number of pyridine rings is 2. The lowest BCUT2D eigenvalue weighted by molar-refractivity contribution is -0.378. The fourth-order valence-electron chi connectivity index (χ4n) is 4.04. The number of carbonyl (C=O) groups excluding carboxylic acids is 2. The van der Waals surface area contributed by atoms with Gasteiger partial charge in [-0.25, -0.2) is 4.98 Å². The molecule has 3 heterocycles. The number of benzene rings is 1. The van der Waals surface area contributed by atoms with Crippen LogP contribution in [0.5, 0.6) is 5.75 Å². The van der Waals surface area contributed by atoms with Crippen LogP contribution >= 0.6 is 0 Å². The molecule has 0 bridgehead atoms. The number of aromatic nitrogens is 2. The minimum atomic E-state index is -0.799. The van der Waals surface area contributed by atoms with Crippen LogP contribution in [-0.4, -0.2) is 28.2 Å². The Labute approximate surface area is 198 Å². The number of nitrogens with zero attached hydrogens (tertiary/aromatic N) is 2. The number of ketones is 1. The second kappa shape index (κ2) is 9.87. The van der Waals surface area contributed by atoms with Gasteiger partial charge in [-0.05, 0) is 59.9 Å². The van der Waals surface area contributed by atoms with Crippen molar-refractivity contribution in [3.05, 3.63) is 95.1 Å². The Kier molecular flexibility index (Phi) is 6.72. The van der Waals surface area contributed by atoms with Crippen molar-refractivity contribution < 1.29 is 24.4 Å². The van der Waals surface area contributed by atoms with E-state index in [0.29, 0.717) is 35.0 Å². The Hall–Kier alpha value is -4.00. The van der Waals surface area contributed by atoms with Gasteiger partial charge in [0.05, 0.1) is 19.2 Å². The van der Waals surface area contributed by atoms with Crippen LogP contribution in [0, 0.1) is 12.8 Å². The molecular formula is C27H27N3O4. The van der Waals surface area contributed by atoms with Crippen molar-refractivity contribution in [2.24, 2.45) is 5.92 Å². The molecule has 0 aliphatic carbocycles. The number of Topliss-reactive ketones (excluding diaryl/α,β-unsaturated/α-hetero) is 1. The van der Waals surface area contributed by atoms with Crippen LogP contribution in [0.1, 0.15) is 42.1 Å². The maximum absolute atomic E-state index is 13.7. The van der Waals surface area contributed by atoms with Gasteiger partial charge < -0.3 is 14.7 Å². The van der Waals surface area contributed by atoms with Gasteiger partial charge in [0.2, 0.25) is 5.78 Å². The van der Waals surface area contributed by atoms with Crippen LogP contribution in [-0.2, 0) is 16.1 Å². The van der Waals surface area contributed by atoms with E-state index in [9.17, 15) is 14.7 Å². The number of H-pyrrole nitrogens is 1. The summed E-state index contributed by atoms with van der Waals surface area (Å²) >= 11 is 0. The summed E-state index contributed by atoms with van der Waals surface area (Å²) in [6, 6.07) is 11.5. The van der Waals surface area contributed by atoms with E-state index >= 15 is 0 Å². The number of carbonyl (C=O) groups is 2. The number of amides is 1. The first kappa shape index (κ1) is 23.2. The van der Waals surface area contributed by atoms with Gasteiger partial charge in [-0.2, -0.15) is 0 Å². The maximum atomic E-state index is 13.7. The topological polar surface area (TPSA) is 96.7 Å². The lowest BCUT2D eigenvalue weighted by Crippen LogP contribution is -2.29. The molecule has 1 atom stereocenters. The molecule has 1 aromatic carbocycles. The second-order valence-electron chi connectivity index (χ2n) is 8.78. The van der Waals surface area contributed by atoms with Gasteiger partial charge in [-0.3, -0.25) is 14.6 Å². The van der Waals surface area contributed by atoms with Crippen LogP contribution < -0.4 is 14.8 Å². The number of aromatic amines is 1. The van der Waals surface area contributed by atoms with Crippen molar-refractivity contribution in [3.8, 4) is 5.75 Å². The number of ether oxygens (including phenoxy) is 1. The molecule has 0 radical (unpaired) electrons. The highest BCUT2D eigenvalue weighted by molar-refractivity contribution is 6.46. The molecule has 2 aromatic heterocycles. The van der Waals surface area contributed by atoms with E-state index in [1.807, 2.05) is 12.1 Å². The predicted octanol–water partition coefficient (Wildman–Crippen LogP) is 2.66. The monoisotopic (exact) mass is 457 g/mol. The molecule has 4 rings (SSSR count). The SMILES string of the molecule is Cc1cc(OCC(C)C)ccc1/C([O-])=C1\C(=O)C(=O)N(Cc2ccc[nH+]c2)C1c1ccncc1. The Morgan fingerprint density at radius 2 is 1.94 bits per heavy atom. The molecule has 34 heavy (non-hydrogen) atoms. The summed E-state index contributed by atoms with van der Waals surface area (Å²) in [6.45, 7) is 6.67. The third-order valence-corrected chi connectivity index (χ3v) is 5.70. The zero-order valence-electron chi connectivity index (χ0n) is 19.4. The molecule has 1 N–H and O–H groups in total. The molecule has 1 aliphatic heterocycles. The first-order valence-corrected chi connectivity index (χ1v) is 11.2. The lowest BCUT2D eigenvalue weighted by Gasteiger charge is -2.27. The van der Waals surface area contributed by atoms with Crippen LogP contribution in [0.25, 0.3) is 5.76 Å². The highest BCUT2D eigenvalue weighted by Gasteiger charge is 2.44. The van der Waals surface area contributed by atoms with Crippen LogP contribution in [0.4, 0.5) is 0 Å². The molecule has 0 saturated carbocycles. The van der Waals surface area contributed by atoms with Crippen LogP contribution in [0.15, 0.2) is 72.8 Å². The van der Waals surface area contributed by atoms with Gasteiger partial charge in [0.25, 0.3) is 5.91 Å². The van der Waals surface area contributed by atoms with Crippen molar-refractivity contribution in [1.29, 1.82) is 0 Å². The smallest absolute Gasteiger partial charge is 0.295 e. The zero-order valence-corrected chi connectivity index (χ0v) is 19.4. The van der Waals surface area contributed by atoms with Crippen molar-refractivity contribution in [2.45, 2.75) is 33.4 Å². The largest absolute Gasteiger partial charge is 0.872 e. The van der Waals surface area contributed by atoms with Gasteiger partial charge in [0, 0.05) is 29.6 Å². The molecule has 7 heteroatoms. The Balaban J connectivity index is 1.78. The summed E-state index contributed by atoms with van der Waals surface area (Å²) in [7, 11) is 0. The van der Waals surface area contributed by atoms with E-state index in [2.05, 4.69) is 23.8 Å². The van der Waals surface area contributed by atoms with E-state index in [0.717, 1.165) is 5.56 Å². The number of hydrogen-bond donors (Lipinski definition) is 0.